The molecule has 0 aromatic heterocycles. The fourth-order valence-electron chi connectivity index (χ4n) is 0. The summed E-state index contributed by atoms with van der Waals surface area (Å²) in [6.07, 6.45) is 3.75. The molecule has 11 nitrogen and oxygen atoms in total. The second-order valence-corrected chi connectivity index (χ2v) is 3.44. The van der Waals surface area contributed by atoms with E-state index < -0.39 is 14.8 Å². The van der Waals surface area contributed by atoms with Crippen molar-refractivity contribution < 1.29 is 20.2 Å². The Kier molecular flexibility index (Phi) is 577. The Bertz CT molecular complexity index is 167. The molecule has 0 aromatic carbocycles. The van der Waals surface area contributed by atoms with E-state index in [0.29, 0.717) is 0 Å². The van der Waals surface area contributed by atoms with Crippen LogP contribution in [0.15, 0.2) is 0 Å². The smallest absolute Gasteiger partial charge is 0.194 e. The molecule has 0 saturated carbocycles. The molecule has 0 spiro atoms. The van der Waals surface area contributed by atoms with E-state index in [1.165, 1.54) is 19.3 Å². The molecule has 0 atom stereocenters. The molecule has 0 aliphatic heterocycles. The minimum atomic E-state index is -0.500. The molecule has 0 saturated heterocycles. The van der Waals surface area contributed by atoms with Gasteiger partial charge in [0, 0.05) is 14.8 Å². The minimum absolute atomic E-state index is 0. The van der Waals surface area contributed by atoms with Crippen LogP contribution < -0.4 is 6.15 Å². The molecular formula is C20H64N4O7. The normalized spacial score (nSPS) is 4.74. The fraction of sp³-hybridized carbons (Fsp3) is 1.00. The molecule has 206 valence electrons. The molecule has 0 aliphatic carbocycles. The topological polar surface area (TPSA) is 196 Å². The first-order valence-corrected chi connectivity index (χ1v) is 9.68. The van der Waals surface area contributed by atoms with Crippen LogP contribution in [0.1, 0.15) is 117 Å². The molecule has 0 unspecified atom stereocenters. The van der Waals surface area contributed by atoms with Gasteiger partial charge in [0.1, 0.15) is 0 Å². The van der Waals surface area contributed by atoms with Gasteiger partial charge in [-0.25, -0.2) is 0 Å². The second kappa shape index (κ2) is 202. The van der Waals surface area contributed by atoms with Crippen molar-refractivity contribution in [3.05, 3.63) is 30.3 Å². The average molecular weight is 473 g/mol. The third-order valence-corrected chi connectivity index (χ3v) is 0. The van der Waals surface area contributed by atoms with Gasteiger partial charge in [0.15, 0.2) is 21.1 Å². The monoisotopic (exact) mass is 472 g/mol. The van der Waals surface area contributed by atoms with Crippen molar-refractivity contribution in [2.75, 3.05) is 21.1 Å². The minimum Gasteiger partial charge on any atom is -0.412 e. The van der Waals surface area contributed by atoms with Gasteiger partial charge in [0.2, 0.25) is 0 Å². The number of hydrogen-bond donors (Lipinski definition) is 1. The maximum absolute atomic E-state index is 8.81. The lowest BCUT2D eigenvalue weighted by molar-refractivity contribution is -0.445. The van der Waals surface area contributed by atoms with Crippen LogP contribution in [0.4, 0.5) is 0 Å². The summed E-state index contributed by atoms with van der Waals surface area (Å²) in [5.74, 6) is 0. The van der Waals surface area contributed by atoms with Crippen molar-refractivity contribution in [2.45, 2.75) is 117 Å². The molecule has 5 N–H and O–H groups in total. The van der Waals surface area contributed by atoms with E-state index in [9.17, 15) is 0 Å². The second-order valence-electron chi connectivity index (χ2n) is 3.44. The summed E-state index contributed by atoms with van der Waals surface area (Å²) in [6, 6.07) is 0. The Morgan fingerprint density at radius 1 is 0.484 bits per heavy atom. The van der Waals surface area contributed by atoms with Gasteiger partial charge in [-0.05, 0) is 0 Å². The van der Waals surface area contributed by atoms with Crippen LogP contribution in [0.25, 0.3) is 0 Å². The molecule has 0 heterocycles. The molecule has 0 aromatic rings. The zero-order chi connectivity index (χ0) is 24.9. The molecule has 0 bridgehead atoms. The standard InChI is InChI=1S/3C3H8.3C2H6.3CH3NO2.2CH4.H3N.H2O/c3*1-3-2;3*1-2;3*1-2(3)4;;;;/h3*3H2,1-2H3;3*1-2H3;3*1H3;2*1H4;1H3;1H2. The van der Waals surface area contributed by atoms with Gasteiger partial charge in [0.25, 0.3) is 0 Å². The van der Waals surface area contributed by atoms with Gasteiger partial charge in [-0.1, -0.05) is 117 Å². The van der Waals surface area contributed by atoms with Crippen molar-refractivity contribution in [3.63, 3.8) is 0 Å². The Balaban J connectivity index is -0.0000000107. The van der Waals surface area contributed by atoms with Gasteiger partial charge in [-0.15, -0.1) is 0 Å². The number of rotatable bonds is 0. The van der Waals surface area contributed by atoms with Crippen LogP contribution in [0.5, 0.6) is 0 Å². The molecule has 0 fully saturated rings. The largest absolute Gasteiger partial charge is 0.412 e. The number of hydrogen-bond acceptors (Lipinski definition) is 7. The van der Waals surface area contributed by atoms with Gasteiger partial charge in [-0.3, -0.25) is 30.3 Å². The van der Waals surface area contributed by atoms with Crippen molar-refractivity contribution >= 4 is 0 Å². The predicted octanol–water partition coefficient (Wildman–Crippen LogP) is 7.62. The van der Waals surface area contributed by atoms with E-state index >= 15 is 0 Å². The Hall–Kier alpha value is -1.88. The third kappa shape index (κ3) is 5430. The zero-order valence-electron chi connectivity index (χ0n) is 22.1. The average Bonchev–Trinajstić information content (AvgIpc) is 2.53. The summed E-state index contributed by atoms with van der Waals surface area (Å²) in [6.45, 7) is 24.8. The van der Waals surface area contributed by atoms with Crippen molar-refractivity contribution in [3.8, 4) is 0 Å². The predicted molar refractivity (Wildman–Crippen MR) is 143 cm³/mol. The number of nitro groups is 3. The molecule has 0 aliphatic rings. The van der Waals surface area contributed by atoms with Crippen molar-refractivity contribution in [1.29, 1.82) is 0 Å². The van der Waals surface area contributed by atoms with Crippen molar-refractivity contribution in [2.24, 2.45) is 0 Å². The van der Waals surface area contributed by atoms with Crippen LogP contribution in [0.3, 0.4) is 0 Å². The maximum Gasteiger partial charge on any atom is 0.194 e. The van der Waals surface area contributed by atoms with E-state index in [1.807, 2.05) is 41.5 Å². The summed E-state index contributed by atoms with van der Waals surface area (Å²) < 4.78 is 0. The Morgan fingerprint density at radius 2 is 0.484 bits per heavy atom. The first kappa shape index (κ1) is 88.6. The number of nitrogens with zero attached hydrogens (tertiary/aromatic N) is 3. The highest BCUT2D eigenvalue weighted by Crippen LogP contribution is 1.57. The van der Waals surface area contributed by atoms with Crippen LogP contribution in [0.2, 0.25) is 0 Å². The molecule has 0 amide bonds. The van der Waals surface area contributed by atoms with Gasteiger partial charge in [-0.2, -0.15) is 0 Å². The van der Waals surface area contributed by atoms with Crippen LogP contribution in [-0.2, 0) is 0 Å². The Morgan fingerprint density at radius 3 is 0.484 bits per heavy atom. The molecule has 31 heavy (non-hydrogen) atoms. The molecular weight excluding hydrogens is 408 g/mol. The van der Waals surface area contributed by atoms with Gasteiger partial charge >= 0.3 is 0 Å². The summed E-state index contributed by atoms with van der Waals surface area (Å²) in [5.41, 5.74) is 0. The van der Waals surface area contributed by atoms with E-state index in [0.717, 1.165) is 21.1 Å². The SMILES string of the molecule is C.C.CC.CC.CC.CCC.CCC.CCC.C[N+](=O)[O-].C[N+](=O)[O-].C[N+](=O)[O-].N.O. The van der Waals surface area contributed by atoms with E-state index in [2.05, 4.69) is 41.5 Å². The maximum atomic E-state index is 8.81. The summed E-state index contributed by atoms with van der Waals surface area (Å²) in [4.78, 5) is 24.9. The Labute approximate surface area is 195 Å². The highest BCUT2D eigenvalue weighted by atomic mass is 16.6. The van der Waals surface area contributed by atoms with Crippen LogP contribution in [0, 0.1) is 30.3 Å². The summed E-state index contributed by atoms with van der Waals surface area (Å²) >= 11 is 0. The van der Waals surface area contributed by atoms with E-state index in [-0.39, 0.29) is 26.5 Å². The summed E-state index contributed by atoms with van der Waals surface area (Å²) in [7, 11) is 2.67. The lowest BCUT2D eigenvalue weighted by atomic mass is 10.6. The quantitative estimate of drug-likeness (QED) is 0.276. The third-order valence-electron chi connectivity index (χ3n) is 0. The van der Waals surface area contributed by atoms with E-state index in [4.69, 9.17) is 30.3 Å². The fourth-order valence-corrected chi connectivity index (χ4v) is 0. The zero-order valence-corrected chi connectivity index (χ0v) is 22.1. The highest BCUT2D eigenvalue weighted by molar-refractivity contribution is 3.93. The molecule has 0 rings (SSSR count). The van der Waals surface area contributed by atoms with Crippen LogP contribution >= 0.6 is 0 Å². The highest BCUT2D eigenvalue weighted by Gasteiger charge is 1.57. The first-order valence-electron chi connectivity index (χ1n) is 9.68. The van der Waals surface area contributed by atoms with Gasteiger partial charge < -0.3 is 11.6 Å². The molecule has 11 heteroatoms. The van der Waals surface area contributed by atoms with E-state index in [1.54, 1.807) is 0 Å². The van der Waals surface area contributed by atoms with Gasteiger partial charge in [0.05, 0.1) is 0 Å². The lowest BCUT2D eigenvalue weighted by Crippen LogP contribution is -1.79. The van der Waals surface area contributed by atoms with Crippen molar-refractivity contribution in [1.82, 2.24) is 6.15 Å². The van der Waals surface area contributed by atoms with Crippen LogP contribution in [-0.4, -0.2) is 41.4 Å². The lowest BCUT2D eigenvalue weighted by Gasteiger charge is -1.63. The summed E-state index contributed by atoms with van der Waals surface area (Å²) in [5, 5.41) is 26.4. The first-order chi connectivity index (χ1) is 12.4. The molecule has 0 radical (unpaired) electrons.